The van der Waals surface area contributed by atoms with Gasteiger partial charge in [0.1, 0.15) is 11.2 Å². The van der Waals surface area contributed by atoms with Gasteiger partial charge < -0.3 is 13.9 Å². The maximum Gasteiger partial charge on any atom is 0.135 e. The Morgan fingerprint density at radius 1 is 0.333 bits per heavy atom. The molecule has 2 heterocycles. The van der Waals surface area contributed by atoms with E-state index in [2.05, 4.69) is 179 Å². The molecule has 2 aromatic heterocycles. The van der Waals surface area contributed by atoms with E-state index in [1.165, 1.54) is 54.1 Å². The number of para-hydroxylation sites is 3. The number of aromatic nitrogens is 1. The van der Waals surface area contributed by atoms with Crippen LogP contribution >= 0.6 is 0 Å². The van der Waals surface area contributed by atoms with Gasteiger partial charge in [-0.25, -0.2) is 0 Å². The van der Waals surface area contributed by atoms with Gasteiger partial charge in [0.05, 0.1) is 11.0 Å². The molecule has 0 bridgehead atoms. The van der Waals surface area contributed by atoms with Crippen LogP contribution < -0.4 is 4.90 Å². The molecule has 0 spiro atoms. The molecule has 0 saturated heterocycles. The van der Waals surface area contributed by atoms with E-state index >= 15 is 0 Å². The summed E-state index contributed by atoms with van der Waals surface area (Å²) < 4.78 is 8.65. The van der Waals surface area contributed by atoms with Crippen LogP contribution in [-0.2, 0) is 0 Å². The number of rotatable bonds is 4. The molecule has 0 amide bonds. The molecule has 11 rings (SSSR count). The first-order chi connectivity index (χ1) is 25.3. The fourth-order valence-electron chi connectivity index (χ4n) is 8.21. The van der Waals surface area contributed by atoms with Gasteiger partial charge in [0.2, 0.25) is 0 Å². The largest absolute Gasteiger partial charge is 0.456 e. The Kier molecular flexibility index (Phi) is 5.96. The van der Waals surface area contributed by atoms with Crippen LogP contribution in [-0.4, -0.2) is 4.57 Å². The van der Waals surface area contributed by atoms with Crippen molar-refractivity contribution < 1.29 is 4.42 Å². The molecule has 9 aromatic carbocycles. The molecule has 3 nitrogen and oxygen atoms in total. The van der Waals surface area contributed by atoms with Gasteiger partial charge >= 0.3 is 0 Å². The normalized spacial score (nSPS) is 11.9. The van der Waals surface area contributed by atoms with Crippen LogP contribution in [0.1, 0.15) is 0 Å². The zero-order valence-electron chi connectivity index (χ0n) is 27.6. The van der Waals surface area contributed by atoms with Crippen LogP contribution in [0, 0.1) is 0 Å². The molecule has 238 valence electrons. The van der Waals surface area contributed by atoms with Crippen LogP contribution in [0.2, 0.25) is 0 Å². The fourth-order valence-corrected chi connectivity index (χ4v) is 8.21. The molecule has 3 heteroatoms. The lowest BCUT2D eigenvalue weighted by Gasteiger charge is -2.26. The van der Waals surface area contributed by atoms with Gasteiger partial charge in [0.15, 0.2) is 0 Å². The lowest BCUT2D eigenvalue weighted by atomic mass is 9.96. The topological polar surface area (TPSA) is 21.3 Å². The lowest BCUT2D eigenvalue weighted by Crippen LogP contribution is -2.10. The van der Waals surface area contributed by atoms with Crippen LogP contribution in [0.4, 0.5) is 17.1 Å². The van der Waals surface area contributed by atoms with Crippen molar-refractivity contribution in [2.24, 2.45) is 0 Å². The van der Waals surface area contributed by atoms with Gasteiger partial charge in [-0.05, 0) is 99.0 Å². The lowest BCUT2D eigenvalue weighted by molar-refractivity contribution is 0.669. The summed E-state index contributed by atoms with van der Waals surface area (Å²) in [6.07, 6.45) is 0. The quantitative estimate of drug-likeness (QED) is 0.177. The number of hydrogen-bond acceptors (Lipinski definition) is 2. The molecule has 0 radical (unpaired) electrons. The van der Waals surface area contributed by atoms with Gasteiger partial charge in [-0.1, -0.05) is 115 Å². The third-order valence-corrected chi connectivity index (χ3v) is 10.5. The van der Waals surface area contributed by atoms with Gasteiger partial charge in [0, 0.05) is 44.3 Å². The smallest absolute Gasteiger partial charge is 0.135 e. The van der Waals surface area contributed by atoms with E-state index in [4.69, 9.17) is 4.42 Å². The highest BCUT2D eigenvalue weighted by Crippen LogP contribution is 2.43. The number of benzene rings is 9. The number of anilines is 3. The second kappa shape index (κ2) is 10.8. The van der Waals surface area contributed by atoms with Crippen LogP contribution in [0.5, 0.6) is 0 Å². The van der Waals surface area contributed by atoms with Gasteiger partial charge in [-0.2, -0.15) is 0 Å². The van der Waals surface area contributed by atoms with Gasteiger partial charge in [0.25, 0.3) is 0 Å². The molecule has 0 aliphatic rings. The SMILES string of the molecule is c1ccc(-n2c3ccccc3c3ccc(N(c4ccc5c(ccc6c7ccccc7ccc56)c4)c4ccc5oc6ccccc6c5c4)cc32)cc1. The average Bonchev–Trinajstić information content (AvgIpc) is 3.73. The summed E-state index contributed by atoms with van der Waals surface area (Å²) in [6, 6.07) is 65.7. The van der Waals surface area contributed by atoms with Crippen molar-refractivity contribution in [3.63, 3.8) is 0 Å². The van der Waals surface area contributed by atoms with E-state index in [0.29, 0.717) is 0 Å². The van der Waals surface area contributed by atoms with E-state index in [1.807, 2.05) is 12.1 Å². The minimum atomic E-state index is 0.886. The summed E-state index contributed by atoms with van der Waals surface area (Å²) in [5, 5.41) is 12.2. The molecule has 0 aliphatic carbocycles. The van der Waals surface area contributed by atoms with Crippen LogP contribution in [0.3, 0.4) is 0 Å². The standard InChI is InChI=1S/C48H30N2O/c1-2-11-33(12-3-1)50-45-16-8-6-14-41(45)42-26-21-36(30-46(42)50)49(35-22-27-48-44(29-35)43-15-7-9-17-47(43)51-48)34-20-25-38-32(28-34)19-24-39-37-13-5-4-10-31(37)18-23-40(38)39/h1-30H. The summed E-state index contributed by atoms with van der Waals surface area (Å²) in [6.45, 7) is 0. The van der Waals surface area contributed by atoms with Crippen LogP contribution in [0.25, 0.3) is 81.7 Å². The highest BCUT2D eigenvalue weighted by Gasteiger charge is 2.19. The second-order valence-electron chi connectivity index (χ2n) is 13.4. The number of hydrogen-bond donors (Lipinski definition) is 0. The van der Waals surface area contributed by atoms with E-state index in [0.717, 1.165) is 44.7 Å². The van der Waals surface area contributed by atoms with E-state index in [9.17, 15) is 0 Å². The van der Waals surface area contributed by atoms with Crippen molar-refractivity contribution in [2.75, 3.05) is 4.90 Å². The summed E-state index contributed by atoms with van der Waals surface area (Å²) in [4.78, 5) is 2.39. The Morgan fingerprint density at radius 3 is 1.76 bits per heavy atom. The van der Waals surface area contributed by atoms with Crippen molar-refractivity contribution >= 4 is 93.1 Å². The zero-order chi connectivity index (χ0) is 33.5. The molecule has 11 aromatic rings. The summed E-state index contributed by atoms with van der Waals surface area (Å²) in [7, 11) is 0. The van der Waals surface area contributed by atoms with Crippen molar-refractivity contribution in [2.45, 2.75) is 0 Å². The third-order valence-electron chi connectivity index (χ3n) is 10.5. The van der Waals surface area contributed by atoms with Crippen molar-refractivity contribution in [3.05, 3.63) is 182 Å². The Bertz CT molecular complexity index is 3150. The zero-order valence-corrected chi connectivity index (χ0v) is 27.6. The first kappa shape index (κ1) is 28.0. The molecule has 0 unspecified atom stereocenters. The van der Waals surface area contributed by atoms with Crippen molar-refractivity contribution in [1.29, 1.82) is 0 Å². The number of furan rings is 1. The number of fused-ring (bicyclic) bond motifs is 11. The first-order valence-corrected chi connectivity index (χ1v) is 17.4. The van der Waals surface area contributed by atoms with Crippen LogP contribution in [0.15, 0.2) is 186 Å². The monoisotopic (exact) mass is 650 g/mol. The Balaban J connectivity index is 1.17. The maximum atomic E-state index is 6.26. The van der Waals surface area contributed by atoms with Gasteiger partial charge in [-0.3, -0.25) is 0 Å². The Hall–Kier alpha value is -6.84. The summed E-state index contributed by atoms with van der Waals surface area (Å²) >= 11 is 0. The minimum Gasteiger partial charge on any atom is -0.456 e. The molecule has 0 N–H and O–H groups in total. The Morgan fingerprint density at radius 2 is 0.902 bits per heavy atom. The highest BCUT2D eigenvalue weighted by molar-refractivity contribution is 6.18. The van der Waals surface area contributed by atoms with E-state index in [1.54, 1.807) is 0 Å². The average molecular weight is 651 g/mol. The van der Waals surface area contributed by atoms with Crippen molar-refractivity contribution in [1.82, 2.24) is 4.57 Å². The maximum absolute atomic E-state index is 6.26. The number of nitrogens with zero attached hydrogens (tertiary/aromatic N) is 2. The Labute approximate surface area is 293 Å². The van der Waals surface area contributed by atoms with E-state index < -0.39 is 0 Å². The molecule has 0 saturated carbocycles. The summed E-state index contributed by atoms with van der Waals surface area (Å²) in [5.41, 5.74) is 8.53. The van der Waals surface area contributed by atoms with Gasteiger partial charge in [-0.15, -0.1) is 0 Å². The minimum absolute atomic E-state index is 0.886. The van der Waals surface area contributed by atoms with E-state index in [-0.39, 0.29) is 0 Å². The predicted octanol–water partition coefficient (Wildman–Crippen LogP) is 13.6. The molecule has 0 atom stereocenters. The highest BCUT2D eigenvalue weighted by atomic mass is 16.3. The molecule has 0 aliphatic heterocycles. The predicted molar refractivity (Wildman–Crippen MR) is 215 cm³/mol. The molecule has 0 fully saturated rings. The first-order valence-electron chi connectivity index (χ1n) is 17.4. The van der Waals surface area contributed by atoms with Crippen molar-refractivity contribution in [3.8, 4) is 5.69 Å². The molecular weight excluding hydrogens is 621 g/mol. The second-order valence-corrected chi connectivity index (χ2v) is 13.4. The third kappa shape index (κ3) is 4.25. The molecular formula is C48H30N2O. The summed E-state index contributed by atoms with van der Waals surface area (Å²) in [5.74, 6) is 0. The fraction of sp³-hybridized carbons (Fsp3) is 0. The molecule has 51 heavy (non-hydrogen) atoms.